The van der Waals surface area contributed by atoms with Gasteiger partial charge < -0.3 is 4.74 Å². The number of rotatable bonds is 5. The molecule has 1 atom stereocenters. The third-order valence-corrected chi connectivity index (χ3v) is 2.56. The molecule has 0 amide bonds. The van der Waals surface area contributed by atoms with Crippen LogP contribution in [0.4, 0.5) is 13.2 Å². The minimum atomic E-state index is -1.65. The minimum Gasteiger partial charge on any atom is -0.465 e. The molecule has 0 aliphatic carbocycles. The van der Waals surface area contributed by atoms with Crippen molar-refractivity contribution in [2.45, 2.75) is 20.3 Å². The highest BCUT2D eigenvalue weighted by atomic mass is 19.2. The van der Waals surface area contributed by atoms with Gasteiger partial charge in [-0.25, -0.2) is 13.2 Å². The summed E-state index contributed by atoms with van der Waals surface area (Å²) in [4.78, 5) is 23.5. The molecule has 0 spiro atoms. The summed E-state index contributed by atoms with van der Waals surface area (Å²) in [6.07, 6.45) is 0.123. The van der Waals surface area contributed by atoms with Crippen molar-refractivity contribution in [3.05, 3.63) is 35.1 Å². The molecule has 1 rings (SSSR count). The highest BCUT2D eigenvalue weighted by molar-refractivity contribution is 6.08. The van der Waals surface area contributed by atoms with Crippen molar-refractivity contribution in [1.82, 2.24) is 0 Å². The summed E-state index contributed by atoms with van der Waals surface area (Å²) in [6, 6.07) is 1.14. The van der Waals surface area contributed by atoms with Crippen molar-refractivity contribution >= 4 is 11.8 Å². The molecule has 0 radical (unpaired) electrons. The molecule has 19 heavy (non-hydrogen) atoms. The lowest BCUT2D eigenvalue weighted by molar-refractivity contribution is -0.146. The van der Waals surface area contributed by atoms with Crippen molar-refractivity contribution < 1.29 is 27.5 Å². The monoisotopic (exact) mass is 274 g/mol. The summed E-state index contributed by atoms with van der Waals surface area (Å²) in [5, 5.41) is 0. The number of carbonyl (C=O) groups is 2. The number of carbonyl (C=O) groups excluding carboxylic acids is 2. The van der Waals surface area contributed by atoms with E-state index < -0.39 is 40.7 Å². The maximum Gasteiger partial charge on any atom is 0.316 e. The molecule has 104 valence electrons. The van der Waals surface area contributed by atoms with Crippen LogP contribution in [0.15, 0.2) is 12.1 Å². The van der Waals surface area contributed by atoms with Gasteiger partial charge in [0.15, 0.2) is 23.2 Å². The van der Waals surface area contributed by atoms with Crippen LogP contribution < -0.4 is 0 Å². The molecular formula is C13H13F3O3. The quantitative estimate of drug-likeness (QED) is 0.359. The van der Waals surface area contributed by atoms with Crippen LogP contribution >= 0.6 is 0 Å². The van der Waals surface area contributed by atoms with Gasteiger partial charge in [0.25, 0.3) is 0 Å². The van der Waals surface area contributed by atoms with Gasteiger partial charge in [-0.1, -0.05) is 6.92 Å². The molecule has 0 saturated carbocycles. The zero-order valence-electron chi connectivity index (χ0n) is 10.5. The van der Waals surface area contributed by atoms with Gasteiger partial charge in [-0.05, 0) is 25.5 Å². The Morgan fingerprint density at radius 3 is 2.11 bits per heavy atom. The van der Waals surface area contributed by atoms with Gasteiger partial charge in [0, 0.05) is 5.56 Å². The van der Waals surface area contributed by atoms with E-state index in [1.165, 1.54) is 0 Å². The van der Waals surface area contributed by atoms with Crippen LogP contribution in [0, 0.1) is 23.4 Å². The first-order chi connectivity index (χ1) is 8.92. The minimum absolute atomic E-state index is 0.0920. The Hall–Kier alpha value is -1.85. The number of hydrogen-bond donors (Lipinski definition) is 0. The predicted molar refractivity (Wildman–Crippen MR) is 61.1 cm³/mol. The van der Waals surface area contributed by atoms with E-state index in [-0.39, 0.29) is 13.0 Å². The molecule has 0 fully saturated rings. The number of benzene rings is 1. The highest BCUT2D eigenvalue weighted by Crippen LogP contribution is 2.19. The lowest BCUT2D eigenvalue weighted by Crippen LogP contribution is -2.26. The zero-order valence-corrected chi connectivity index (χ0v) is 10.5. The Balaban J connectivity index is 3.08. The first-order valence-electron chi connectivity index (χ1n) is 5.77. The van der Waals surface area contributed by atoms with Crippen molar-refractivity contribution in [2.24, 2.45) is 5.92 Å². The summed E-state index contributed by atoms with van der Waals surface area (Å²) in [7, 11) is 0. The van der Waals surface area contributed by atoms with E-state index in [4.69, 9.17) is 4.74 Å². The fourth-order valence-electron chi connectivity index (χ4n) is 1.60. The number of ether oxygens (including phenoxy) is 1. The summed E-state index contributed by atoms with van der Waals surface area (Å²) in [5.74, 6) is -7.30. The maximum absolute atomic E-state index is 13.0. The summed E-state index contributed by atoms with van der Waals surface area (Å²) < 4.78 is 43.6. The average Bonchev–Trinajstić information content (AvgIpc) is 2.36. The zero-order chi connectivity index (χ0) is 14.6. The average molecular weight is 274 g/mol. The molecule has 0 saturated heterocycles. The van der Waals surface area contributed by atoms with E-state index in [0.29, 0.717) is 12.1 Å². The number of Topliss-reactive ketones (excluding diaryl/α,β-unsaturated/α-hetero) is 1. The van der Waals surface area contributed by atoms with E-state index in [9.17, 15) is 22.8 Å². The molecule has 1 aromatic rings. The van der Waals surface area contributed by atoms with Gasteiger partial charge in [-0.3, -0.25) is 9.59 Å². The molecule has 0 aromatic heterocycles. The lowest BCUT2D eigenvalue weighted by Gasteiger charge is -2.12. The molecule has 3 nitrogen and oxygen atoms in total. The van der Waals surface area contributed by atoms with E-state index in [0.717, 1.165) is 0 Å². The lowest BCUT2D eigenvalue weighted by atomic mass is 9.95. The van der Waals surface area contributed by atoms with Crippen LogP contribution in [0.5, 0.6) is 0 Å². The molecule has 0 bridgehead atoms. The molecule has 0 aliphatic rings. The van der Waals surface area contributed by atoms with Crippen LogP contribution in [-0.4, -0.2) is 18.4 Å². The van der Waals surface area contributed by atoms with E-state index in [1.807, 2.05) is 0 Å². The van der Waals surface area contributed by atoms with Gasteiger partial charge in [0.1, 0.15) is 5.92 Å². The number of hydrogen-bond acceptors (Lipinski definition) is 3. The van der Waals surface area contributed by atoms with E-state index >= 15 is 0 Å². The van der Waals surface area contributed by atoms with Crippen LogP contribution in [0.25, 0.3) is 0 Å². The molecule has 1 unspecified atom stereocenters. The van der Waals surface area contributed by atoms with Crippen LogP contribution in [0.3, 0.4) is 0 Å². The van der Waals surface area contributed by atoms with Gasteiger partial charge in [-0.2, -0.15) is 0 Å². The fraction of sp³-hybridized carbons (Fsp3) is 0.385. The summed E-state index contributed by atoms with van der Waals surface area (Å²) in [6.45, 7) is 3.23. The SMILES string of the molecule is CCOC(=O)C(CC)C(=O)c1cc(F)c(F)c(F)c1. The van der Waals surface area contributed by atoms with Gasteiger partial charge >= 0.3 is 5.97 Å². The normalized spacial score (nSPS) is 12.1. The van der Waals surface area contributed by atoms with Crippen molar-refractivity contribution in [3.63, 3.8) is 0 Å². The van der Waals surface area contributed by atoms with Crippen molar-refractivity contribution in [1.29, 1.82) is 0 Å². The molecule has 0 N–H and O–H groups in total. The summed E-state index contributed by atoms with van der Waals surface area (Å²) >= 11 is 0. The molecule has 1 aromatic carbocycles. The Labute approximate surface area is 108 Å². The summed E-state index contributed by atoms with van der Waals surface area (Å²) in [5.41, 5.74) is -0.392. The second-order valence-electron chi connectivity index (χ2n) is 3.83. The molecule has 0 aliphatic heterocycles. The second kappa shape index (κ2) is 6.36. The fourth-order valence-corrected chi connectivity index (χ4v) is 1.60. The van der Waals surface area contributed by atoms with E-state index in [2.05, 4.69) is 0 Å². The van der Waals surface area contributed by atoms with Crippen LogP contribution in [0.2, 0.25) is 0 Å². The highest BCUT2D eigenvalue weighted by Gasteiger charge is 2.28. The standard InChI is InChI=1S/C13H13F3O3/c1-3-8(13(18)19-4-2)12(17)7-5-9(14)11(16)10(15)6-7/h5-6,8H,3-4H2,1-2H3. The smallest absolute Gasteiger partial charge is 0.316 e. The molecule has 0 heterocycles. The third kappa shape index (κ3) is 3.33. The number of esters is 1. The topological polar surface area (TPSA) is 43.4 Å². The molecular weight excluding hydrogens is 261 g/mol. The van der Waals surface area contributed by atoms with Gasteiger partial charge in [-0.15, -0.1) is 0 Å². The number of halogens is 3. The van der Waals surface area contributed by atoms with Gasteiger partial charge in [0.05, 0.1) is 6.61 Å². The van der Waals surface area contributed by atoms with Crippen LogP contribution in [-0.2, 0) is 9.53 Å². The third-order valence-electron chi connectivity index (χ3n) is 2.56. The number of ketones is 1. The Kier molecular flexibility index (Phi) is 5.09. The Morgan fingerprint density at radius 1 is 1.16 bits per heavy atom. The second-order valence-corrected chi connectivity index (χ2v) is 3.83. The first kappa shape index (κ1) is 15.2. The van der Waals surface area contributed by atoms with E-state index in [1.54, 1.807) is 13.8 Å². The molecule has 6 heteroatoms. The largest absolute Gasteiger partial charge is 0.465 e. The predicted octanol–water partition coefficient (Wildman–Crippen LogP) is 2.88. The van der Waals surface area contributed by atoms with Crippen molar-refractivity contribution in [2.75, 3.05) is 6.61 Å². The van der Waals surface area contributed by atoms with Crippen LogP contribution in [0.1, 0.15) is 30.6 Å². The maximum atomic E-state index is 13.0. The Bertz CT molecular complexity index is 477. The van der Waals surface area contributed by atoms with Crippen molar-refractivity contribution in [3.8, 4) is 0 Å². The van der Waals surface area contributed by atoms with Gasteiger partial charge in [0.2, 0.25) is 0 Å². The Morgan fingerprint density at radius 2 is 1.68 bits per heavy atom. The first-order valence-corrected chi connectivity index (χ1v) is 5.77.